The van der Waals surface area contributed by atoms with E-state index in [1.165, 1.54) is 11.8 Å². The number of benzene rings is 1. The van der Waals surface area contributed by atoms with E-state index in [9.17, 15) is 4.79 Å². The number of nitrogens with zero attached hydrogens (tertiary/aromatic N) is 5. The summed E-state index contributed by atoms with van der Waals surface area (Å²) >= 11 is 1.41. The van der Waals surface area contributed by atoms with E-state index in [0.717, 1.165) is 40.8 Å². The first-order valence-electron chi connectivity index (χ1n) is 9.69. The zero-order valence-electron chi connectivity index (χ0n) is 16.1. The fraction of sp³-hybridized carbons (Fsp3) is 0.182. The summed E-state index contributed by atoms with van der Waals surface area (Å²) in [5.41, 5.74) is 3.55. The van der Waals surface area contributed by atoms with Crippen LogP contribution in [0.5, 0.6) is 0 Å². The molecule has 7 nitrogen and oxygen atoms in total. The minimum Gasteiger partial charge on any atom is -0.378 e. The predicted molar refractivity (Wildman–Crippen MR) is 117 cm³/mol. The van der Waals surface area contributed by atoms with Crippen LogP contribution in [0.2, 0.25) is 0 Å². The van der Waals surface area contributed by atoms with Gasteiger partial charge >= 0.3 is 0 Å². The van der Waals surface area contributed by atoms with Gasteiger partial charge in [-0.2, -0.15) is 10.1 Å². The number of carbonyl (C=O) groups is 1. The van der Waals surface area contributed by atoms with Gasteiger partial charge in [-0.05, 0) is 42.1 Å². The minimum absolute atomic E-state index is 0.213. The van der Waals surface area contributed by atoms with Crippen molar-refractivity contribution < 1.29 is 9.53 Å². The van der Waals surface area contributed by atoms with Crippen LogP contribution in [0.4, 0.5) is 0 Å². The van der Waals surface area contributed by atoms with E-state index in [1.807, 2.05) is 59.4 Å². The van der Waals surface area contributed by atoms with Crippen LogP contribution in [0.25, 0.3) is 23.0 Å². The van der Waals surface area contributed by atoms with Crippen LogP contribution in [0.15, 0.2) is 71.0 Å². The Labute approximate surface area is 178 Å². The third-order valence-corrected chi connectivity index (χ3v) is 5.94. The molecule has 3 aromatic rings. The molecule has 0 spiro atoms. The standard InChI is InChI=1S/C22H19N5O2S/c28-21-19(30-22(24-21)26-10-12-29-13-11-26)14-17-15-27(18-4-2-1-3-5-18)25-20(17)16-6-8-23-9-7-16/h1-9,14-15H,10-13H2/b19-14-. The molecular weight excluding hydrogens is 398 g/mol. The van der Waals surface area contributed by atoms with E-state index in [4.69, 9.17) is 9.84 Å². The van der Waals surface area contributed by atoms with Gasteiger partial charge in [-0.1, -0.05) is 18.2 Å². The Hall–Kier alpha value is -3.23. The number of hydrogen-bond donors (Lipinski definition) is 0. The summed E-state index contributed by atoms with van der Waals surface area (Å²) in [5, 5.41) is 5.53. The lowest BCUT2D eigenvalue weighted by molar-refractivity contribution is -0.113. The number of para-hydroxylation sites is 1. The molecule has 0 atom stereocenters. The molecule has 0 bridgehead atoms. The first-order chi connectivity index (χ1) is 14.8. The molecule has 1 fully saturated rings. The average molecular weight is 417 g/mol. The Morgan fingerprint density at radius 3 is 2.57 bits per heavy atom. The number of rotatable bonds is 3. The Morgan fingerprint density at radius 1 is 1.03 bits per heavy atom. The van der Waals surface area contributed by atoms with E-state index in [2.05, 4.69) is 14.9 Å². The Bertz CT molecular complexity index is 1120. The summed E-state index contributed by atoms with van der Waals surface area (Å²) in [6, 6.07) is 13.7. The number of ether oxygens (including phenoxy) is 1. The summed E-state index contributed by atoms with van der Waals surface area (Å²) < 4.78 is 7.23. The van der Waals surface area contributed by atoms with Crippen LogP contribution < -0.4 is 0 Å². The van der Waals surface area contributed by atoms with Gasteiger partial charge in [0.25, 0.3) is 5.91 Å². The van der Waals surface area contributed by atoms with Crippen LogP contribution in [0.3, 0.4) is 0 Å². The molecule has 0 unspecified atom stereocenters. The molecule has 0 N–H and O–H groups in total. The number of amides is 1. The fourth-order valence-corrected chi connectivity index (χ4v) is 4.32. The Kier molecular flexibility index (Phi) is 5.17. The van der Waals surface area contributed by atoms with Crippen LogP contribution in [0.1, 0.15) is 5.56 Å². The molecule has 30 heavy (non-hydrogen) atoms. The molecule has 2 aliphatic rings. The quantitative estimate of drug-likeness (QED) is 0.609. The lowest BCUT2D eigenvalue weighted by Gasteiger charge is -2.27. The lowest BCUT2D eigenvalue weighted by atomic mass is 10.1. The van der Waals surface area contributed by atoms with Crippen molar-refractivity contribution in [2.75, 3.05) is 26.3 Å². The molecular formula is C22H19N5O2S. The highest BCUT2D eigenvalue weighted by atomic mass is 32.2. The van der Waals surface area contributed by atoms with Gasteiger partial charge < -0.3 is 9.64 Å². The predicted octanol–water partition coefficient (Wildman–Crippen LogP) is 3.24. The summed E-state index contributed by atoms with van der Waals surface area (Å²) in [6.07, 6.45) is 7.30. The second-order valence-corrected chi connectivity index (χ2v) is 7.87. The molecule has 4 heterocycles. The molecule has 2 aliphatic heterocycles. The number of hydrogen-bond acceptors (Lipinski definition) is 6. The van der Waals surface area contributed by atoms with Gasteiger partial charge in [0, 0.05) is 42.8 Å². The second-order valence-electron chi connectivity index (χ2n) is 6.86. The van der Waals surface area contributed by atoms with Crippen LogP contribution in [-0.2, 0) is 9.53 Å². The lowest BCUT2D eigenvalue weighted by Crippen LogP contribution is -2.38. The third kappa shape index (κ3) is 3.79. The maximum Gasteiger partial charge on any atom is 0.286 e. The van der Waals surface area contributed by atoms with Crippen molar-refractivity contribution in [1.82, 2.24) is 19.7 Å². The Balaban J connectivity index is 1.50. The van der Waals surface area contributed by atoms with Gasteiger partial charge in [-0.3, -0.25) is 9.78 Å². The monoisotopic (exact) mass is 417 g/mol. The fourth-order valence-electron chi connectivity index (χ4n) is 3.37. The van der Waals surface area contributed by atoms with E-state index < -0.39 is 0 Å². The van der Waals surface area contributed by atoms with E-state index in [1.54, 1.807) is 12.4 Å². The molecule has 0 saturated carbocycles. The summed E-state index contributed by atoms with van der Waals surface area (Å²) in [4.78, 5) is 23.6. The highest BCUT2D eigenvalue weighted by molar-refractivity contribution is 8.18. The number of aromatic nitrogens is 3. The van der Waals surface area contributed by atoms with E-state index in [0.29, 0.717) is 18.1 Å². The van der Waals surface area contributed by atoms with Crippen LogP contribution in [0, 0.1) is 0 Å². The molecule has 0 radical (unpaired) electrons. The van der Waals surface area contributed by atoms with Crippen LogP contribution in [-0.4, -0.2) is 57.0 Å². The topological polar surface area (TPSA) is 72.6 Å². The van der Waals surface area contributed by atoms with E-state index >= 15 is 0 Å². The van der Waals surface area contributed by atoms with Crippen molar-refractivity contribution >= 4 is 28.9 Å². The number of amidine groups is 1. The number of thioether (sulfide) groups is 1. The zero-order chi connectivity index (χ0) is 20.3. The number of pyridine rings is 1. The number of carbonyl (C=O) groups excluding carboxylic acids is 1. The Morgan fingerprint density at radius 2 is 1.80 bits per heavy atom. The number of aliphatic imine (C=N–C) groups is 1. The van der Waals surface area contributed by atoms with Gasteiger partial charge in [-0.25, -0.2) is 4.68 Å². The first-order valence-corrected chi connectivity index (χ1v) is 10.5. The van der Waals surface area contributed by atoms with Crippen molar-refractivity contribution in [2.45, 2.75) is 0 Å². The van der Waals surface area contributed by atoms with Crippen molar-refractivity contribution in [3.63, 3.8) is 0 Å². The normalized spacial score (nSPS) is 18.1. The molecule has 150 valence electrons. The molecule has 5 rings (SSSR count). The average Bonchev–Trinajstić information content (AvgIpc) is 3.40. The largest absolute Gasteiger partial charge is 0.378 e. The smallest absolute Gasteiger partial charge is 0.286 e. The van der Waals surface area contributed by atoms with Crippen LogP contribution >= 0.6 is 11.8 Å². The second kappa shape index (κ2) is 8.25. The van der Waals surface area contributed by atoms with E-state index in [-0.39, 0.29) is 5.91 Å². The zero-order valence-corrected chi connectivity index (χ0v) is 17.0. The molecule has 0 aliphatic carbocycles. The molecule has 2 aromatic heterocycles. The molecule has 8 heteroatoms. The maximum absolute atomic E-state index is 12.6. The highest BCUT2D eigenvalue weighted by Crippen LogP contribution is 2.33. The van der Waals surface area contributed by atoms with Crippen molar-refractivity contribution in [3.8, 4) is 16.9 Å². The van der Waals surface area contributed by atoms with Crippen molar-refractivity contribution in [1.29, 1.82) is 0 Å². The first kappa shape index (κ1) is 18.8. The molecule has 1 saturated heterocycles. The van der Waals surface area contributed by atoms with Gasteiger partial charge in [0.1, 0.15) is 5.69 Å². The minimum atomic E-state index is -0.213. The molecule has 1 amide bonds. The summed E-state index contributed by atoms with van der Waals surface area (Å²) in [5.74, 6) is -0.213. The van der Waals surface area contributed by atoms with Crippen molar-refractivity contribution in [2.24, 2.45) is 4.99 Å². The SMILES string of the molecule is O=C1N=C(N2CCOCC2)S/C1=C\c1cn(-c2ccccc2)nc1-c1ccncc1. The van der Waals surface area contributed by atoms with Gasteiger partial charge in [0.2, 0.25) is 0 Å². The van der Waals surface area contributed by atoms with Gasteiger partial charge in [0.15, 0.2) is 5.17 Å². The van der Waals surface area contributed by atoms with Gasteiger partial charge in [0.05, 0.1) is 23.8 Å². The summed E-state index contributed by atoms with van der Waals surface area (Å²) in [7, 11) is 0. The molecule has 1 aromatic carbocycles. The third-order valence-electron chi connectivity index (χ3n) is 4.89. The maximum atomic E-state index is 12.6. The number of morpholine rings is 1. The summed E-state index contributed by atoms with van der Waals surface area (Å²) in [6.45, 7) is 2.81. The van der Waals surface area contributed by atoms with Crippen molar-refractivity contribution in [3.05, 3.63) is 71.5 Å². The van der Waals surface area contributed by atoms with Gasteiger partial charge in [-0.15, -0.1) is 0 Å². The highest BCUT2D eigenvalue weighted by Gasteiger charge is 2.27.